The Morgan fingerprint density at radius 2 is 2.00 bits per heavy atom. The number of rotatable bonds is 6. The second-order valence-corrected chi connectivity index (χ2v) is 9.25. The van der Waals surface area contributed by atoms with Crippen LogP contribution in [0.25, 0.3) is 0 Å². The Morgan fingerprint density at radius 1 is 1.24 bits per heavy atom. The minimum absolute atomic E-state index is 0.132. The SMILES string of the molecule is COc1ccc(Cl)cc1NC(=O)C1CC(CCC(N)=O)NC12C(=O)Nc1c(C)cc(Cl)cc12. The van der Waals surface area contributed by atoms with Crippen molar-refractivity contribution in [3.63, 3.8) is 0 Å². The quantitative estimate of drug-likeness (QED) is 0.494. The lowest BCUT2D eigenvalue weighted by Crippen LogP contribution is -2.52. The van der Waals surface area contributed by atoms with Crippen LogP contribution in [0.1, 0.15) is 30.4 Å². The maximum Gasteiger partial charge on any atom is 0.250 e. The number of methoxy groups -OCH3 is 1. The Labute approximate surface area is 201 Å². The van der Waals surface area contributed by atoms with Crippen molar-refractivity contribution >= 4 is 52.3 Å². The van der Waals surface area contributed by atoms with E-state index in [1.807, 2.05) is 6.92 Å². The van der Waals surface area contributed by atoms with Crippen molar-refractivity contribution in [1.29, 1.82) is 0 Å². The van der Waals surface area contributed by atoms with Crippen LogP contribution in [0.4, 0.5) is 11.4 Å². The summed E-state index contributed by atoms with van der Waals surface area (Å²) < 4.78 is 5.34. The van der Waals surface area contributed by atoms with Crippen molar-refractivity contribution in [3.05, 3.63) is 51.5 Å². The molecule has 3 unspecified atom stereocenters. The van der Waals surface area contributed by atoms with Crippen LogP contribution < -0.4 is 26.4 Å². The number of hydrogen-bond donors (Lipinski definition) is 4. The fourth-order valence-electron chi connectivity index (χ4n) is 4.79. The molecule has 2 aromatic rings. The van der Waals surface area contributed by atoms with Gasteiger partial charge in [0.05, 0.1) is 18.7 Å². The van der Waals surface area contributed by atoms with Crippen LogP contribution in [0.5, 0.6) is 5.75 Å². The monoisotopic (exact) mass is 490 g/mol. The van der Waals surface area contributed by atoms with Gasteiger partial charge in [-0.15, -0.1) is 0 Å². The highest BCUT2D eigenvalue weighted by Gasteiger charge is 2.60. The lowest BCUT2D eigenvalue weighted by molar-refractivity contribution is -0.130. The number of carbonyl (C=O) groups is 3. The number of amides is 3. The number of nitrogens with one attached hydrogen (secondary N) is 3. The van der Waals surface area contributed by atoms with Crippen molar-refractivity contribution < 1.29 is 19.1 Å². The fourth-order valence-corrected chi connectivity index (χ4v) is 5.24. The topological polar surface area (TPSA) is 123 Å². The van der Waals surface area contributed by atoms with E-state index >= 15 is 0 Å². The van der Waals surface area contributed by atoms with E-state index < -0.39 is 17.4 Å². The molecule has 2 aromatic carbocycles. The van der Waals surface area contributed by atoms with Crippen LogP contribution in [-0.4, -0.2) is 30.9 Å². The fraction of sp³-hybridized carbons (Fsp3) is 0.348. The number of fused-ring (bicyclic) bond motifs is 2. The van der Waals surface area contributed by atoms with E-state index in [2.05, 4.69) is 16.0 Å². The summed E-state index contributed by atoms with van der Waals surface area (Å²) in [5.41, 5.74) is 6.41. The molecule has 0 bridgehead atoms. The normalized spacial score (nSPS) is 23.3. The number of carbonyl (C=O) groups excluding carboxylic acids is 3. The van der Waals surface area contributed by atoms with Crippen LogP contribution in [0.3, 0.4) is 0 Å². The molecule has 33 heavy (non-hydrogen) atoms. The standard InChI is InChI=1S/C23H24Cl2N4O4/c1-11-7-13(25)8-15-20(11)28-22(32)23(15)16(10-14(29-23)4-6-19(26)30)21(31)27-17-9-12(24)3-5-18(17)33-2/h3,5,7-9,14,16,29H,4,6,10H2,1-2H3,(H2,26,30)(H,27,31)(H,28,32). The predicted octanol–water partition coefficient (Wildman–Crippen LogP) is 3.34. The Kier molecular flexibility index (Phi) is 6.26. The molecule has 3 atom stereocenters. The van der Waals surface area contributed by atoms with Gasteiger partial charge in [0.15, 0.2) is 0 Å². The van der Waals surface area contributed by atoms with Crippen molar-refractivity contribution in [2.24, 2.45) is 11.7 Å². The van der Waals surface area contributed by atoms with Crippen molar-refractivity contribution in [2.75, 3.05) is 17.7 Å². The lowest BCUT2D eigenvalue weighted by Gasteiger charge is -2.29. The highest BCUT2D eigenvalue weighted by Crippen LogP contribution is 2.49. The van der Waals surface area contributed by atoms with Gasteiger partial charge in [-0.3, -0.25) is 19.7 Å². The first-order valence-corrected chi connectivity index (χ1v) is 11.2. The first-order valence-electron chi connectivity index (χ1n) is 10.5. The molecule has 0 saturated carbocycles. The summed E-state index contributed by atoms with van der Waals surface area (Å²) in [6.45, 7) is 1.84. The Balaban J connectivity index is 1.75. The van der Waals surface area contributed by atoms with Crippen LogP contribution in [0.15, 0.2) is 30.3 Å². The molecule has 8 nitrogen and oxygen atoms in total. The Bertz CT molecular complexity index is 1160. The summed E-state index contributed by atoms with van der Waals surface area (Å²) in [5, 5.41) is 10.0. The van der Waals surface area contributed by atoms with E-state index in [9.17, 15) is 14.4 Å². The first kappa shape index (κ1) is 23.4. The molecule has 2 aliphatic heterocycles. The molecule has 0 aliphatic carbocycles. The van der Waals surface area contributed by atoms with E-state index in [1.54, 1.807) is 30.3 Å². The number of anilines is 2. The average molecular weight is 491 g/mol. The van der Waals surface area contributed by atoms with Gasteiger partial charge in [-0.25, -0.2) is 0 Å². The third-order valence-corrected chi connectivity index (χ3v) is 6.72. The minimum atomic E-state index is -1.34. The predicted molar refractivity (Wildman–Crippen MR) is 127 cm³/mol. The summed E-state index contributed by atoms with van der Waals surface area (Å²) in [5.74, 6) is -1.53. The molecular weight excluding hydrogens is 467 g/mol. The maximum absolute atomic E-state index is 13.6. The van der Waals surface area contributed by atoms with Gasteiger partial charge in [0.25, 0.3) is 0 Å². The molecular formula is C23H24Cl2N4O4. The number of benzene rings is 2. The van der Waals surface area contributed by atoms with Gasteiger partial charge in [0.2, 0.25) is 17.7 Å². The number of ether oxygens (including phenoxy) is 1. The molecule has 2 heterocycles. The van der Waals surface area contributed by atoms with Gasteiger partial charge in [-0.05, 0) is 55.7 Å². The van der Waals surface area contributed by atoms with Crippen LogP contribution >= 0.6 is 23.2 Å². The van der Waals surface area contributed by atoms with Gasteiger partial charge in [0, 0.05) is 33.8 Å². The van der Waals surface area contributed by atoms with E-state index in [0.29, 0.717) is 45.6 Å². The van der Waals surface area contributed by atoms with Crippen LogP contribution in [0, 0.1) is 12.8 Å². The molecule has 174 valence electrons. The largest absolute Gasteiger partial charge is 0.495 e. The van der Waals surface area contributed by atoms with Crippen LogP contribution in [-0.2, 0) is 19.9 Å². The number of aryl methyl sites for hydroxylation is 1. The molecule has 0 aromatic heterocycles. The van der Waals surface area contributed by atoms with Crippen LogP contribution in [0.2, 0.25) is 10.0 Å². The number of hydrogen-bond acceptors (Lipinski definition) is 5. The second kappa shape index (κ2) is 8.85. The molecule has 0 radical (unpaired) electrons. The minimum Gasteiger partial charge on any atom is -0.495 e. The third kappa shape index (κ3) is 4.14. The molecule has 10 heteroatoms. The summed E-state index contributed by atoms with van der Waals surface area (Å²) in [6.07, 6.45) is 0.844. The zero-order valence-corrected chi connectivity index (χ0v) is 19.6. The zero-order valence-electron chi connectivity index (χ0n) is 18.1. The molecule has 1 fully saturated rings. The molecule has 4 rings (SSSR count). The van der Waals surface area contributed by atoms with Gasteiger partial charge in [-0.2, -0.15) is 0 Å². The molecule has 5 N–H and O–H groups in total. The number of halogens is 2. The van der Waals surface area contributed by atoms with Crippen molar-refractivity contribution in [2.45, 2.75) is 37.8 Å². The smallest absolute Gasteiger partial charge is 0.250 e. The van der Waals surface area contributed by atoms with Gasteiger partial charge >= 0.3 is 0 Å². The maximum atomic E-state index is 13.6. The van der Waals surface area contributed by atoms with E-state index in [4.69, 9.17) is 33.7 Å². The summed E-state index contributed by atoms with van der Waals surface area (Å²) in [4.78, 5) is 38.4. The number of nitrogens with two attached hydrogens (primary N) is 1. The zero-order chi connectivity index (χ0) is 23.9. The Hall–Kier alpha value is -2.81. The van der Waals surface area contributed by atoms with Gasteiger partial charge < -0.3 is 21.1 Å². The summed E-state index contributed by atoms with van der Waals surface area (Å²) in [6, 6.07) is 8.06. The lowest BCUT2D eigenvalue weighted by atomic mass is 9.79. The van der Waals surface area contributed by atoms with Gasteiger partial charge in [0.1, 0.15) is 11.3 Å². The molecule has 3 amide bonds. The van der Waals surface area contributed by atoms with Crippen molar-refractivity contribution in [3.8, 4) is 5.75 Å². The van der Waals surface area contributed by atoms with Gasteiger partial charge in [-0.1, -0.05) is 23.2 Å². The molecule has 1 spiro atoms. The van der Waals surface area contributed by atoms with E-state index in [-0.39, 0.29) is 24.3 Å². The second-order valence-electron chi connectivity index (χ2n) is 8.38. The molecule has 1 saturated heterocycles. The Morgan fingerprint density at radius 3 is 2.70 bits per heavy atom. The third-order valence-electron chi connectivity index (χ3n) is 6.27. The molecule has 2 aliphatic rings. The summed E-state index contributed by atoms with van der Waals surface area (Å²) in [7, 11) is 1.49. The van der Waals surface area contributed by atoms with E-state index in [0.717, 1.165) is 5.56 Å². The van der Waals surface area contributed by atoms with Crippen molar-refractivity contribution in [1.82, 2.24) is 5.32 Å². The average Bonchev–Trinajstić information content (AvgIpc) is 3.27. The summed E-state index contributed by atoms with van der Waals surface area (Å²) >= 11 is 12.4. The first-order chi connectivity index (χ1) is 15.6. The number of primary amides is 1. The highest BCUT2D eigenvalue weighted by molar-refractivity contribution is 6.31. The highest BCUT2D eigenvalue weighted by atomic mass is 35.5. The van der Waals surface area contributed by atoms with E-state index in [1.165, 1.54) is 7.11 Å².